The van der Waals surface area contributed by atoms with Crippen LogP contribution in [0.15, 0.2) is 36.5 Å². The first-order valence-electron chi connectivity index (χ1n) is 39.2. The minimum atomic E-state index is -0.663. The van der Waals surface area contributed by atoms with Crippen LogP contribution in [0.4, 0.5) is 0 Å². The van der Waals surface area contributed by atoms with Crippen molar-refractivity contribution >= 4 is 11.9 Å². The van der Waals surface area contributed by atoms with Crippen LogP contribution in [0.3, 0.4) is 0 Å². The van der Waals surface area contributed by atoms with E-state index >= 15 is 0 Å². The molecule has 0 aliphatic heterocycles. The van der Waals surface area contributed by atoms with E-state index < -0.39 is 12.1 Å². The van der Waals surface area contributed by atoms with Crippen molar-refractivity contribution in [2.75, 3.05) is 13.2 Å². The number of ether oxygens (including phenoxy) is 1. The number of nitrogens with one attached hydrogen (secondary N) is 1. The fraction of sp³-hybridized carbons (Fsp3) is 0.900. The van der Waals surface area contributed by atoms with Gasteiger partial charge in [0, 0.05) is 12.8 Å². The number of carbonyl (C=O) groups is 2. The van der Waals surface area contributed by atoms with Crippen molar-refractivity contribution in [2.45, 2.75) is 450 Å². The Hall–Kier alpha value is -1.92. The molecule has 0 saturated carbocycles. The first-order chi connectivity index (χ1) is 42.5. The van der Waals surface area contributed by atoms with Gasteiger partial charge in [0.1, 0.15) is 0 Å². The molecule has 0 saturated heterocycles. The SMILES string of the molecule is CCCCCCCC/C=C\CCCCCCCCCC(=O)OCCCCCCCCCCCCC/C=C\C/C=C\CCCCCCCCCCCCCCCCCCCC(=O)NC(CO)C(O)CCCCCCCCCCCCCCCCCCC. The monoisotopic (exact) mass is 1210 g/mol. The average Bonchev–Trinajstić information content (AvgIpc) is 3.59. The van der Waals surface area contributed by atoms with Crippen LogP contribution < -0.4 is 5.32 Å². The Labute approximate surface area is 538 Å². The molecule has 0 bridgehead atoms. The van der Waals surface area contributed by atoms with Gasteiger partial charge in [0.2, 0.25) is 5.91 Å². The van der Waals surface area contributed by atoms with Gasteiger partial charge in [0.15, 0.2) is 0 Å². The summed E-state index contributed by atoms with van der Waals surface area (Å²) < 4.78 is 5.50. The third kappa shape index (κ3) is 71.2. The summed E-state index contributed by atoms with van der Waals surface area (Å²) in [5, 5.41) is 23.4. The number of allylic oxidation sites excluding steroid dienone is 6. The third-order valence-electron chi connectivity index (χ3n) is 18.4. The van der Waals surface area contributed by atoms with Crippen LogP contribution in [0.1, 0.15) is 438 Å². The summed E-state index contributed by atoms with van der Waals surface area (Å²) in [4.78, 5) is 24.6. The molecule has 3 N–H and O–H groups in total. The molecular formula is C80H153NO5. The van der Waals surface area contributed by atoms with E-state index in [0.717, 1.165) is 51.4 Å². The maximum atomic E-state index is 12.5. The first-order valence-corrected chi connectivity index (χ1v) is 39.2. The van der Waals surface area contributed by atoms with Crippen LogP contribution >= 0.6 is 0 Å². The van der Waals surface area contributed by atoms with Gasteiger partial charge in [-0.2, -0.15) is 0 Å². The Bertz CT molecular complexity index is 1390. The molecule has 0 aliphatic rings. The van der Waals surface area contributed by atoms with Gasteiger partial charge in [0.05, 0.1) is 25.4 Å². The molecule has 0 aliphatic carbocycles. The van der Waals surface area contributed by atoms with Crippen molar-refractivity contribution < 1.29 is 24.5 Å². The lowest BCUT2D eigenvalue weighted by Gasteiger charge is -2.22. The maximum absolute atomic E-state index is 12.5. The van der Waals surface area contributed by atoms with E-state index in [1.54, 1.807) is 0 Å². The molecule has 2 unspecified atom stereocenters. The molecule has 0 aromatic heterocycles. The van der Waals surface area contributed by atoms with E-state index in [1.807, 2.05) is 0 Å². The standard InChI is InChI=1S/C80H153NO5/c1-3-5-7-9-11-13-15-17-19-40-44-48-52-56-60-64-68-72-78(83)77(76-82)81-79(84)73-69-65-61-57-53-49-45-42-38-36-34-32-30-28-26-24-22-21-23-25-27-29-31-33-35-37-39-43-47-51-55-59-63-67-71-75-86-80(85)74-70-66-62-58-54-50-46-41-20-18-16-14-12-10-8-6-4-2/h18,20,23,25,29,31,77-78,82-83H,3-17,19,21-22,24,26-28,30,32-76H2,1-2H3,(H,81,84)/b20-18-,25-23-,31-29-. The van der Waals surface area contributed by atoms with Gasteiger partial charge in [-0.25, -0.2) is 0 Å². The average molecular weight is 1210 g/mol. The molecule has 0 rings (SSSR count). The molecule has 0 heterocycles. The summed E-state index contributed by atoms with van der Waals surface area (Å²) in [5.41, 5.74) is 0. The topological polar surface area (TPSA) is 95.9 Å². The molecule has 6 heteroatoms. The smallest absolute Gasteiger partial charge is 0.305 e. The molecule has 508 valence electrons. The quantitative estimate of drug-likeness (QED) is 0.0320. The van der Waals surface area contributed by atoms with Crippen molar-refractivity contribution in [3.8, 4) is 0 Å². The van der Waals surface area contributed by atoms with Crippen molar-refractivity contribution in [1.29, 1.82) is 0 Å². The minimum absolute atomic E-state index is 0.0141. The number of hydrogen-bond acceptors (Lipinski definition) is 5. The summed E-state index contributed by atoms with van der Waals surface area (Å²) in [6.45, 7) is 4.99. The lowest BCUT2D eigenvalue weighted by atomic mass is 10.0. The Morgan fingerprint density at radius 1 is 0.326 bits per heavy atom. The largest absolute Gasteiger partial charge is 0.466 e. The van der Waals surface area contributed by atoms with Gasteiger partial charge in [-0.1, -0.05) is 378 Å². The van der Waals surface area contributed by atoms with Gasteiger partial charge >= 0.3 is 5.97 Å². The fourth-order valence-corrected chi connectivity index (χ4v) is 12.4. The summed E-state index contributed by atoms with van der Waals surface area (Å²) >= 11 is 0. The number of amides is 1. The molecule has 0 radical (unpaired) electrons. The second-order valence-electron chi connectivity index (χ2n) is 27.0. The maximum Gasteiger partial charge on any atom is 0.305 e. The lowest BCUT2D eigenvalue weighted by Crippen LogP contribution is -2.45. The van der Waals surface area contributed by atoms with Gasteiger partial charge < -0.3 is 20.3 Å². The summed E-state index contributed by atoms with van der Waals surface area (Å²) in [7, 11) is 0. The number of aliphatic hydroxyl groups is 2. The van der Waals surface area contributed by atoms with E-state index in [-0.39, 0.29) is 18.5 Å². The van der Waals surface area contributed by atoms with Crippen LogP contribution in [0.2, 0.25) is 0 Å². The highest BCUT2D eigenvalue weighted by molar-refractivity contribution is 5.76. The summed E-state index contributed by atoms with van der Waals surface area (Å²) in [6, 6.07) is -0.540. The first kappa shape index (κ1) is 84.1. The number of esters is 1. The predicted octanol–water partition coefficient (Wildman–Crippen LogP) is 25.8. The fourth-order valence-electron chi connectivity index (χ4n) is 12.4. The van der Waals surface area contributed by atoms with E-state index in [1.165, 1.54) is 353 Å². The normalized spacial score (nSPS) is 12.7. The highest BCUT2D eigenvalue weighted by Gasteiger charge is 2.20. The number of hydrogen-bond donors (Lipinski definition) is 3. The van der Waals surface area contributed by atoms with Crippen molar-refractivity contribution in [3.63, 3.8) is 0 Å². The molecule has 0 aromatic rings. The van der Waals surface area contributed by atoms with E-state index in [0.29, 0.717) is 25.9 Å². The molecule has 0 aromatic carbocycles. The highest BCUT2D eigenvalue weighted by Crippen LogP contribution is 2.19. The Morgan fingerprint density at radius 3 is 0.895 bits per heavy atom. The zero-order valence-electron chi connectivity index (χ0n) is 58.3. The van der Waals surface area contributed by atoms with E-state index in [4.69, 9.17) is 4.74 Å². The summed E-state index contributed by atoms with van der Waals surface area (Å²) in [5.74, 6) is -0.0147. The van der Waals surface area contributed by atoms with Crippen LogP contribution in [-0.4, -0.2) is 47.4 Å². The van der Waals surface area contributed by atoms with Crippen molar-refractivity contribution in [3.05, 3.63) is 36.5 Å². The number of unbranched alkanes of at least 4 members (excludes halogenated alkanes) is 57. The second kappa shape index (κ2) is 75.5. The number of carbonyl (C=O) groups excluding carboxylic acids is 2. The van der Waals surface area contributed by atoms with Crippen LogP contribution in [0, 0.1) is 0 Å². The predicted molar refractivity (Wildman–Crippen MR) is 379 cm³/mol. The number of aliphatic hydroxyl groups excluding tert-OH is 2. The van der Waals surface area contributed by atoms with Crippen LogP contribution in [0.5, 0.6) is 0 Å². The molecule has 0 spiro atoms. The van der Waals surface area contributed by atoms with Gasteiger partial charge in [-0.05, 0) is 83.5 Å². The lowest BCUT2D eigenvalue weighted by molar-refractivity contribution is -0.143. The van der Waals surface area contributed by atoms with Crippen LogP contribution in [0.25, 0.3) is 0 Å². The zero-order chi connectivity index (χ0) is 62.0. The Kier molecular flexibility index (Phi) is 73.9. The Balaban J connectivity index is 3.36. The van der Waals surface area contributed by atoms with Gasteiger partial charge in [-0.15, -0.1) is 0 Å². The van der Waals surface area contributed by atoms with Gasteiger partial charge in [-0.3, -0.25) is 9.59 Å². The van der Waals surface area contributed by atoms with E-state index in [2.05, 4.69) is 55.6 Å². The molecule has 6 nitrogen and oxygen atoms in total. The molecule has 1 amide bonds. The molecule has 0 fully saturated rings. The zero-order valence-corrected chi connectivity index (χ0v) is 58.3. The molecule has 86 heavy (non-hydrogen) atoms. The van der Waals surface area contributed by atoms with E-state index in [9.17, 15) is 19.8 Å². The molecular weight excluding hydrogens is 1050 g/mol. The van der Waals surface area contributed by atoms with Crippen LogP contribution in [-0.2, 0) is 14.3 Å². The Morgan fingerprint density at radius 2 is 0.581 bits per heavy atom. The third-order valence-corrected chi connectivity index (χ3v) is 18.4. The number of rotatable bonds is 74. The highest BCUT2D eigenvalue weighted by atomic mass is 16.5. The second-order valence-corrected chi connectivity index (χ2v) is 27.0. The minimum Gasteiger partial charge on any atom is -0.466 e. The summed E-state index contributed by atoms with van der Waals surface area (Å²) in [6.07, 6.45) is 98.0. The van der Waals surface area contributed by atoms with Crippen molar-refractivity contribution in [1.82, 2.24) is 5.32 Å². The van der Waals surface area contributed by atoms with Crippen molar-refractivity contribution in [2.24, 2.45) is 0 Å². The molecule has 2 atom stereocenters. The van der Waals surface area contributed by atoms with Gasteiger partial charge in [0.25, 0.3) is 0 Å².